The highest BCUT2D eigenvalue weighted by Crippen LogP contribution is 2.34. The molecule has 2 N–H and O–H groups in total. The molecule has 0 aromatic rings. The second-order valence-electron chi connectivity index (χ2n) is 10.7. The number of aliphatic hydroxyl groups is 2. The van der Waals surface area contributed by atoms with Crippen LogP contribution < -0.4 is 0 Å². The summed E-state index contributed by atoms with van der Waals surface area (Å²) in [5, 5.41) is 21.4. The van der Waals surface area contributed by atoms with Crippen LogP contribution in [0.2, 0.25) is 0 Å². The Bertz CT molecular complexity index is 655. The van der Waals surface area contributed by atoms with Crippen LogP contribution in [0.1, 0.15) is 54.4 Å². The number of nitrogens with zero attached hydrogens (tertiary/aromatic N) is 2. The standard InChI is InChI=1S/C26H45FN2O2/c1-7-26(6,31)24(18-28-11-13-29(14-12-28)19-25(4,5)30)23-10-8-9-22(21(3)16-23)15-20(2)17-27/h8-10,16,20-21,24,30-31H,7,11-15,17-19H2,1-6H3. The lowest BCUT2D eigenvalue weighted by atomic mass is 9.79. The third-order valence-electron chi connectivity index (χ3n) is 6.86. The lowest BCUT2D eigenvalue weighted by Gasteiger charge is -2.41. The van der Waals surface area contributed by atoms with Gasteiger partial charge in [-0.15, -0.1) is 0 Å². The van der Waals surface area contributed by atoms with Crippen molar-refractivity contribution in [3.05, 3.63) is 35.5 Å². The van der Waals surface area contributed by atoms with Gasteiger partial charge < -0.3 is 15.1 Å². The Morgan fingerprint density at radius 1 is 1.13 bits per heavy atom. The number of rotatable bonds is 10. The molecule has 0 radical (unpaired) electrons. The smallest absolute Gasteiger partial charge is 0.0923 e. The van der Waals surface area contributed by atoms with E-state index in [1.807, 2.05) is 34.6 Å². The quantitative estimate of drug-likeness (QED) is 0.539. The lowest BCUT2D eigenvalue weighted by Crippen LogP contribution is -2.53. The Labute approximate surface area is 189 Å². The fourth-order valence-electron chi connectivity index (χ4n) is 4.67. The van der Waals surface area contributed by atoms with Crippen LogP contribution in [0.3, 0.4) is 0 Å². The molecule has 0 aromatic carbocycles. The minimum Gasteiger partial charge on any atom is -0.390 e. The van der Waals surface area contributed by atoms with Crippen molar-refractivity contribution in [2.75, 3.05) is 45.9 Å². The molecule has 0 bridgehead atoms. The number of hydrogen-bond donors (Lipinski definition) is 2. The van der Waals surface area contributed by atoms with Gasteiger partial charge in [0.15, 0.2) is 0 Å². The second-order valence-corrected chi connectivity index (χ2v) is 10.7. The fraction of sp³-hybridized carbons (Fsp3) is 0.769. The van der Waals surface area contributed by atoms with Crippen LogP contribution in [-0.4, -0.2) is 77.2 Å². The van der Waals surface area contributed by atoms with Crippen molar-refractivity contribution < 1.29 is 14.6 Å². The van der Waals surface area contributed by atoms with Gasteiger partial charge in [0.1, 0.15) is 0 Å². The van der Waals surface area contributed by atoms with Crippen LogP contribution in [0.25, 0.3) is 0 Å². The highest BCUT2D eigenvalue weighted by atomic mass is 19.1. The zero-order chi connectivity index (χ0) is 23.2. The van der Waals surface area contributed by atoms with E-state index >= 15 is 0 Å². The van der Waals surface area contributed by atoms with E-state index in [0.717, 1.165) is 39.1 Å². The molecule has 4 atom stereocenters. The van der Waals surface area contributed by atoms with Gasteiger partial charge in [0.2, 0.25) is 0 Å². The SMILES string of the molecule is CCC(C)(O)C(CN1CCN(CC(C)(C)O)CC1)C1=CC(C)C(CC(C)CF)=CC=C1. The summed E-state index contributed by atoms with van der Waals surface area (Å²) in [6.45, 7) is 16.8. The van der Waals surface area contributed by atoms with Gasteiger partial charge in [0.05, 0.1) is 17.9 Å². The summed E-state index contributed by atoms with van der Waals surface area (Å²) in [7, 11) is 0. The van der Waals surface area contributed by atoms with Gasteiger partial charge in [0, 0.05) is 45.2 Å². The molecule has 1 fully saturated rings. The molecule has 2 rings (SSSR count). The Morgan fingerprint density at radius 2 is 1.74 bits per heavy atom. The number of halogens is 1. The number of hydrogen-bond acceptors (Lipinski definition) is 4. The first-order valence-electron chi connectivity index (χ1n) is 12.0. The molecule has 1 aliphatic carbocycles. The molecule has 0 spiro atoms. The summed E-state index contributed by atoms with van der Waals surface area (Å²) in [6.07, 6.45) is 10.1. The molecule has 178 valence electrons. The number of alkyl halides is 1. The molecule has 0 aromatic heterocycles. The Morgan fingerprint density at radius 3 is 2.29 bits per heavy atom. The number of allylic oxidation sites excluding steroid dienone is 5. The number of β-amino-alcohol motifs (C(OH)–C–C–N with tert-alkyl or cyclic N) is 1. The maximum absolute atomic E-state index is 13.0. The maximum Gasteiger partial charge on any atom is 0.0923 e. The third kappa shape index (κ3) is 8.12. The number of piperazine rings is 1. The Kier molecular flexibility index (Phi) is 9.50. The third-order valence-corrected chi connectivity index (χ3v) is 6.86. The molecule has 1 aliphatic heterocycles. The lowest BCUT2D eigenvalue weighted by molar-refractivity contribution is -0.0162. The summed E-state index contributed by atoms with van der Waals surface area (Å²) in [5.74, 6) is 0.285. The van der Waals surface area contributed by atoms with Crippen molar-refractivity contribution in [3.63, 3.8) is 0 Å². The summed E-state index contributed by atoms with van der Waals surface area (Å²) >= 11 is 0. The van der Waals surface area contributed by atoms with Crippen LogP contribution in [-0.2, 0) is 0 Å². The van der Waals surface area contributed by atoms with Crippen molar-refractivity contribution >= 4 is 0 Å². The molecule has 2 aliphatic rings. The first-order chi connectivity index (χ1) is 14.4. The minimum atomic E-state index is -0.795. The Balaban J connectivity index is 2.11. The van der Waals surface area contributed by atoms with Gasteiger partial charge >= 0.3 is 0 Å². The normalized spacial score (nSPS) is 25.4. The van der Waals surface area contributed by atoms with E-state index in [4.69, 9.17) is 0 Å². The van der Waals surface area contributed by atoms with E-state index in [0.29, 0.717) is 13.0 Å². The molecular formula is C26H45FN2O2. The molecule has 1 saturated heterocycles. The van der Waals surface area contributed by atoms with Crippen LogP contribution >= 0.6 is 0 Å². The predicted octanol–water partition coefficient (Wildman–Crippen LogP) is 4.21. The molecule has 0 amide bonds. The summed E-state index contributed by atoms with van der Waals surface area (Å²) in [4.78, 5) is 4.76. The monoisotopic (exact) mass is 436 g/mol. The van der Waals surface area contributed by atoms with Gasteiger partial charge in [-0.3, -0.25) is 9.29 Å². The van der Waals surface area contributed by atoms with Crippen LogP contribution in [0.5, 0.6) is 0 Å². The first-order valence-corrected chi connectivity index (χ1v) is 12.0. The predicted molar refractivity (Wildman–Crippen MR) is 128 cm³/mol. The largest absolute Gasteiger partial charge is 0.390 e. The van der Waals surface area contributed by atoms with Crippen LogP contribution in [0.15, 0.2) is 35.5 Å². The van der Waals surface area contributed by atoms with Crippen molar-refractivity contribution in [3.8, 4) is 0 Å². The van der Waals surface area contributed by atoms with Gasteiger partial charge in [-0.05, 0) is 51.0 Å². The summed E-state index contributed by atoms with van der Waals surface area (Å²) in [5.41, 5.74) is 0.966. The van der Waals surface area contributed by atoms with Gasteiger partial charge in [0.25, 0.3) is 0 Å². The van der Waals surface area contributed by atoms with Gasteiger partial charge in [-0.1, -0.05) is 50.6 Å². The fourth-order valence-corrected chi connectivity index (χ4v) is 4.67. The zero-order valence-corrected chi connectivity index (χ0v) is 20.6. The minimum absolute atomic E-state index is 0.0170. The molecule has 4 nitrogen and oxygen atoms in total. The summed E-state index contributed by atoms with van der Waals surface area (Å²) in [6, 6.07) is 0. The molecule has 5 heteroatoms. The van der Waals surface area contributed by atoms with Gasteiger partial charge in [-0.2, -0.15) is 0 Å². The van der Waals surface area contributed by atoms with Crippen molar-refractivity contribution in [1.29, 1.82) is 0 Å². The van der Waals surface area contributed by atoms with E-state index in [1.54, 1.807) is 0 Å². The topological polar surface area (TPSA) is 46.9 Å². The average molecular weight is 437 g/mol. The highest BCUT2D eigenvalue weighted by Gasteiger charge is 2.35. The van der Waals surface area contributed by atoms with Crippen LogP contribution in [0.4, 0.5) is 4.39 Å². The van der Waals surface area contributed by atoms with E-state index in [9.17, 15) is 14.6 Å². The molecule has 4 unspecified atom stereocenters. The molecule has 0 saturated carbocycles. The average Bonchev–Trinajstić information content (AvgIpc) is 2.87. The highest BCUT2D eigenvalue weighted by molar-refractivity contribution is 5.35. The maximum atomic E-state index is 13.0. The van der Waals surface area contributed by atoms with E-state index in [-0.39, 0.29) is 24.4 Å². The van der Waals surface area contributed by atoms with E-state index < -0.39 is 11.2 Å². The Hall–Kier alpha value is -1.01. The zero-order valence-electron chi connectivity index (χ0n) is 20.6. The van der Waals surface area contributed by atoms with Crippen LogP contribution in [0, 0.1) is 17.8 Å². The van der Waals surface area contributed by atoms with Crippen molar-refractivity contribution in [2.45, 2.75) is 65.6 Å². The van der Waals surface area contributed by atoms with Crippen molar-refractivity contribution in [1.82, 2.24) is 9.80 Å². The van der Waals surface area contributed by atoms with Gasteiger partial charge in [-0.25, -0.2) is 0 Å². The molecule has 31 heavy (non-hydrogen) atoms. The summed E-state index contributed by atoms with van der Waals surface area (Å²) < 4.78 is 13.0. The molecule has 1 heterocycles. The first kappa shape index (κ1) is 26.2. The molecular weight excluding hydrogens is 391 g/mol. The second kappa shape index (κ2) is 11.2. The van der Waals surface area contributed by atoms with Crippen molar-refractivity contribution in [2.24, 2.45) is 17.8 Å². The van der Waals surface area contributed by atoms with E-state index in [2.05, 4.69) is 41.0 Å². The van der Waals surface area contributed by atoms with E-state index in [1.165, 1.54) is 11.1 Å².